The molecule has 9 aliphatic rings. The Morgan fingerprint density at radius 2 is 0.960 bits per heavy atom. The number of amides is 4. The molecule has 14 heterocycles. The molecule has 0 saturated carbocycles. The van der Waals surface area contributed by atoms with Crippen LogP contribution in [0.4, 0.5) is 13.2 Å². The van der Waals surface area contributed by atoms with Gasteiger partial charge in [-0.3, -0.25) is 28.5 Å². The van der Waals surface area contributed by atoms with Crippen molar-refractivity contribution in [3.63, 3.8) is 0 Å². The zero-order chi connectivity index (χ0) is 85.9. The van der Waals surface area contributed by atoms with Gasteiger partial charge in [-0.1, -0.05) is 109 Å². The fraction of sp³-hybridized carbons (Fsp3) is 0.306. The van der Waals surface area contributed by atoms with Gasteiger partial charge in [0.05, 0.1) is 57.7 Å². The van der Waals surface area contributed by atoms with Crippen molar-refractivity contribution in [2.24, 2.45) is 14.1 Å². The van der Waals surface area contributed by atoms with Crippen molar-refractivity contribution in [3.05, 3.63) is 301 Å². The number of alkyl halides is 3. The van der Waals surface area contributed by atoms with Gasteiger partial charge in [-0.25, -0.2) is 0 Å². The van der Waals surface area contributed by atoms with E-state index in [9.17, 15) is 32.3 Å². The van der Waals surface area contributed by atoms with E-state index in [2.05, 4.69) is 89.6 Å². The van der Waals surface area contributed by atoms with Gasteiger partial charge in [-0.05, 0) is 153 Å². The fourth-order valence-corrected chi connectivity index (χ4v) is 20.1. The molecule has 2 atom stereocenters. The maximum Gasteiger partial charge on any atom is 0.416 e. The number of para-hydroxylation sites is 4. The van der Waals surface area contributed by atoms with Crippen LogP contribution in [-0.4, -0.2) is 130 Å². The lowest BCUT2D eigenvalue weighted by atomic mass is 9.81. The van der Waals surface area contributed by atoms with Crippen LogP contribution in [-0.2, 0) is 49.1 Å². The van der Waals surface area contributed by atoms with Gasteiger partial charge >= 0.3 is 6.18 Å². The van der Waals surface area contributed by atoms with Crippen LogP contribution >= 0.6 is 34.8 Å². The minimum absolute atomic E-state index is 0.0422. The molecule has 5 aromatic heterocycles. The summed E-state index contributed by atoms with van der Waals surface area (Å²) in [6.07, 6.45) is 9.73. The number of nitrogens with zero attached hydrogens (tertiary/aromatic N) is 10. The van der Waals surface area contributed by atoms with E-state index in [4.69, 9.17) is 62.9 Å². The van der Waals surface area contributed by atoms with E-state index >= 15 is 0 Å². The van der Waals surface area contributed by atoms with E-state index in [-0.39, 0.29) is 34.4 Å². The largest absolute Gasteiger partial charge is 0.489 e. The molecule has 26 heteroatoms. The molecule has 4 amide bonds. The number of ether oxygens (including phenoxy) is 5. The molecule has 2 unspecified atom stereocenters. The zero-order valence-corrected chi connectivity index (χ0v) is 71.6. The van der Waals surface area contributed by atoms with E-state index in [1.54, 1.807) is 17.0 Å². The first-order valence-corrected chi connectivity index (χ1v) is 43.3. The summed E-state index contributed by atoms with van der Waals surface area (Å²) < 4.78 is 85.6. The Morgan fingerprint density at radius 3 is 1.48 bits per heavy atom. The average molecular weight is 1730 g/mol. The molecule has 0 bridgehead atoms. The first-order chi connectivity index (χ1) is 59.8. The third-order valence-electron chi connectivity index (χ3n) is 26.4. The minimum atomic E-state index is -4.58. The molecule has 22 rings (SSSR count). The number of aromatic nitrogens is 6. The van der Waals surface area contributed by atoms with Gasteiger partial charge in [0.15, 0.2) is 17.0 Å². The van der Waals surface area contributed by atoms with E-state index in [1.807, 2.05) is 184 Å². The number of hydrogen-bond acceptors (Lipinski definition) is 12. The predicted molar refractivity (Wildman–Crippen MR) is 467 cm³/mol. The number of hydrogen-bond donors (Lipinski definition) is 0. The van der Waals surface area contributed by atoms with E-state index in [1.165, 1.54) is 17.2 Å². The van der Waals surface area contributed by atoms with E-state index in [0.29, 0.717) is 111 Å². The second-order valence-corrected chi connectivity index (χ2v) is 34.9. The standard InChI is InChI=1S/C26H27N3O3.C25H25ClN2O2.C24H21N3O3.C23H17Cl2F3N2O2/c1-16-17(2)31-24-18(16)8-6-9-20(24)25(30)29-13-11-26(12-14-29)21-15-27-28(3)23(21)19-7-4-5-10-22(19)32-26;1-3-18-6-7-19(15-17(18)2)24(29)27-13-10-25(11-14-27)23-5-4-12-28(23)21-9-8-20(26)16-22(21)30-25;1-26-22-17-7-3-5-9-20(17)30-24(18(22)15-25-26)10-12-27(13-11-24)23(28)21-14-16-6-2-4-8-19(16)29-21;24-16-3-4-18-19(13-16)32-22(20-2-1-7-30(18)20)5-8-29(9-6-22)21(31)14-10-15(23(26,27)28)12-17(25)11-14/h4-10,15-17H,11-14H2,1-3H3;4-9,12,15-16H,3,10-11,13-14H2,1-2H3;2-9,14-15H,10-13H2,1H3;1-4,7,10-13H,5-6,8-9H2. The summed E-state index contributed by atoms with van der Waals surface area (Å²) in [6.45, 7) is 12.9. The Morgan fingerprint density at radius 1 is 0.476 bits per heavy atom. The van der Waals surface area contributed by atoms with Crippen LogP contribution in [0, 0.1) is 6.92 Å². The molecule has 20 nitrogen and oxygen atoms in total. The van der Waals surface area contributed by atoms with Crippen LogP contribution in [0.5, 0.6) is 28.7 Å². The SMILES string of the molecule is CC1Oc2c(C(=O)N3CCC4(CC3)Oc3ccccc3-c3c4cnn3C)cccc2C1C.CCc1ccc(C(=O)N2CCC3(CC2)Oc2cc(Cl)ccc2-n2cccc23)cc1C.Cn1ncc2c1-c1ccccc1OC21CCN(C(=O)c2cc3ccccc3o2)CC1.O=C(c1cc(Cl)cc(C(F)(F)F)c1)N1CCC2(CC1)Oc1cc(Cl)ccc1-n1cccc12. The van der Waals surface area contributed by atoms with Crippen LogP contribution in [0.15, 0.2) is 223 Å². The van der Waals surface area contributed by atoms with Crippen LogP contribution in [0.1, 0.15) is 164 Å². The quantitative estimate of drug-likeness (QED) is 0.159. The van der Waals surface area contributed by atoms with E-state index < -0.39 is 40.1 Å². The Labute approximate surface area is 730 Å². The van der Waals surface area contributed by atoms with Crippen molar-refractivity contribution in [1.29, 1.82) is 0 Å². The topological polar surface area (TPSA) is 186 Å². The molecule has 4 saturated heterocycles. The molecule has 8 aromatic carbocycles. The number of benzene rings is 8. The minimum Gasteiger partial charge on any atom is -0.489 e. The average Bonchev–Trinajstić information content (AvgIpc) is 1.48. The van der Waals surface area contributed by atoms with Crippen molar-refractivity contribution < 1.29 is 60.5 Å². The number of halogens is 6. The number of piperidine rings is 4. The highest BCUT2D eigenvalue weighted by Crippen LogP contribution is 2.54. The second-order valence-electron chi connectivity index (χ2n) is 33.6. The van der Waals surface area contributed by atoms with Crippen LogP contribution in [0.2, 0.25) is 15.1 Å². The third kappa shape index (κ3) is 14.5. The van der Waals surface area contributed by atoms with Crippen molar-refractivity contribution in [1.82, 2.24) is 48.3 Å². The molecule has 4 fully saturated rings. The summed E-state index contributed by atoms with van der Waals surface area (Å²) in [5.41, 5.74) is 13.4. The lowest BCUT2D eigenvalue weighted by Gasteiger charge is -2.45. The first-order valence-electron chi connectivity index (χ1n) is 42.2. The van der Waals surface area contributed by atoms with Crippen LogP contribution < -0.4 is 23.7 Å². The summed E-state index contributed by atoms with van der Waals surface area (Å²) in [5.74, 6) is 4.27. The molecule has 124 heavy (non-hydrogen) atoms. The maximum atomic E-state index is 13.5. The molecule has 0 aliphatic carbocycles. The van der Waals surface area contributed by atoms with Gasteiger partial charge in [-0.2, -0.15) is 23.4 Å². The smallest absolute Gasteiger partial charge is 0.416 e. The molecule has 13 aromatic rings. The summed E-state index contributed by atoms with van der Waals surface area (Å²) in [7, 11) is 3.94. The summed E-state index contributed by atoms with van der Waals surface area (Å²) >= 11 is 18.2. The lowest BCUT2D eigenvalue weighted by molar-refractivity contribution is -0.137. The highest BCUT2D eigenvalue weighted by Gasteiger charge is 2.51. The third-order valence-corrected chi connectivity index (χ3v) is 27.1. The second kappa shape index (κ2) is 31.9. The summed E-state index contributed by atoms with van der Waals surface area (Å²) in [5, 5.41) is 11.1. The molecular formula is C98H90Cl3F3N10O10. The molecule has 0 radical (unpaired) electrons. The Balaban J connectivity index is 0.000000108. The van der Waals surface area contributed by atoms with E-state index in [0.717, 1.165) is 146 Å². The number of carbonyl (C=O) groups is 4. The van der Waals surface area contributed by atoms with Crippen LogP contribution in [0.3, 0.4) is 0 Å². The lowest BCUT2D eigenvalue weighted by Crippen LogP contribution is -2.50. The van der Waals surface area contributed by atoms with Crippen LogP contribution in [0.25, 0.3) is 44.9 Å². The van der Waals surface area contributed by atoms with Crippen molar-refractivity contribution in [2.45, 2.75) is 126 Å². The monoisotopic (exact) mass is 1730 g/mol. The normalized spacial score (nSPS) is 18.3. The fourth-order valence-electron chi connectivity index (χ4n) is 19.6. The van der Waals surface area contributed by atoms with Gasteiger partial charge in [0, 0.05) is 208 Å². The van der Waals surface area contributed by atoms with Crippen molar-refractivity contribution in [2.75, 3.05) is 52.4 Å². The number of rotatable bonds is 5. The van der Waals surface area contributed by atoms with Crippen molar-refractivity contribution >= 4 is 69.4 Å². The highest BCUT2D eigenvalue weighted by atomic mass is 35.5. The number of likely N-dealkylation sites (tertiary alicyclic amines) is 4. The molecule has 9 aliphatic heterocycles. The number of carbonyl (C=O) groups excluding carboxylic acids is 4. The van der Waals surface area contributed by atoms with Gasteiger partial charge in [0.1, 0.15) is 51.6 Å². The maximum absolute atomic E-state index is 13.5. The number of fused-ring (bicyclic) bond motifs is 18. The zero-order valence-electron chi connectivity index (χ0n) is 69.3. The first kappa shape index (κ1) is 81.5. The Hall–Kier alpha value is -12.2. The molecular weight excluding hydrogens is 1640 g/mol. The number of aryl methyl sites for hydroxylation is 4. The summed E-state index contributed by atoms with van der Waals surface area (Å²) in [4.78, 5) is 59.9. The van der Waals surface area contributed by atoms with Gasteiger partial charge in [0.2, 0.25) is 0 Å². The predicted octanol–water partition coefficient (Wildman–Crippen LogP) is 20.7. The molecule has 634 valence electrons. The van der Waals surface area contributed by atoms with Gasteiger partial charge < -0.3 is 56.8 Å². The van der Waals surface area contributed by atoms with Gasteiger partial charge in [0.25, 0.3) is 23.6 Å². The number of furan rings is 1. The molecule has 4 spiro atoms. The Bertz CT molecular complexity index is 6340. The Kier molecular flexibility index (Phi) is 20.9. The van der Waals surface area contributed by atoms with Crippen molar-refractivity contribution in [3.8, 4) is 62.6 Å². The summed E-state index contributed by atoms with van der Waals surface area (Å²) in [6, 6.07) is 60.0. The highest BCUT2D eigenvalue weighted by molar-refractivity contribution is 6.31. The molecule has 0 N–H and O–H groups in total. The van der Waals surface area contributed by atoms with Gasteiger partial charge in [-0.15, -0.1) is 0 Å².